The zero-order valence-electron chi connectivity index (χ0n) is 40.3. The number of benzene rings is 10. The minimum atomic E-state index is 0.216. The van der Waals surface area contributed by atoms with Gasteiger partial charge in [0.1, 0.15) is 0 Å². The zero-order chi connectivity index (χ0) is 47.3. The molecule has 0 radical (unpaired) electrons. The number of anilines is 3. The van der Waals surface area contributed by atoms with Gasteiger partial charge in [0.15, 0.2) is 0 Å². The maximum atomic E-state index is 2.54. The highest BCUT2D eigenvalue weighted by atomic mass is 15.2. The molecule has 344 valence electrons. The summed E-state index contributed by atoms with van der Waals surface area (Å²) in [5.74, 6) is 3.49. The van der Waals surface area contributed by atoms with Crippen LogP contribution >= 0.6 is 0 Å². The lowest BCUT2D eigenvalue weighted by Crippen LogP contribution is -2.55. The second kappa shape index (κ2) is 16.4. The largest absolute Gasteiger partial charge is 0.308 e. The molecule has 0 amide bonds. The summed E-state index contributed by atoms with van der Waals surface area (Å²) in [4.78, 5) is 2.42. The van der Waals surface area contributed by atoms with Crippen molar-refractivity contribution in [2.75, 3.05) is 4.90 Å². The molecule has 2 heteroatoms. The van der Waals surface area contributed by atoms with Gasteiger partial charge in [-0.15, -0.1) is 0 Å². The molecule has 5 aliphatic rings. The van der Waals surface area contributed by atoms with Crippen molar-refractivity contribution in [3.8, 4) is 61.3 Å². The molecule has 0 atom stereocenters. The minimum absolute atomic E-state index is 0.216. The number of para-hydroxylation sites is 3. The lowest BCUT2D eigenvalue weighted by molar-refractivity contribution is -0.0399. The fourth-order valence-corrected chi connectivity index (χ4v) is 14.7. The van der Waals surface area contributed by atoms with E-state index in [1.54, 1.807) is 11.1 Å². The summed E-state index contributed by atoms with van der Waals surface area (Å²) in [6.45, 7) is 0. The molecule has 0 aliphatic heterocycles. The molecule has 0 saturated heterocycles. The Hall–Kier alpha value is -8.20. The molecule has 16 rings (SSSR count). The van der Waals surface area contributed by atoms with Crippen LogP contribution in [-0.2, 0) is 5.41 Å². The predicted molar refractivity (Wildman–Crippen MR) is 300 cm³/mol. The summed E-state index contributed by atoms with van der Waals surface area (Å²) in [5, 5.41) is 2.46. The minimum Gasteiger partial charge on any atom is -0.308 e. The molecular formula is C70H54N2. The highest BCUT2D eigenvalue weighted by Crippen LogP contribution is 2.69. The first kappa shape index (κ1) is 41.6. The average Bonchev–Trinajstić information content (AvgIpc) is 3.94. The third kappa shape index (κ3) is 6.41. The molecule has 4 fully saturated rings. The van der Waals surface area contributed by atoms with Gasteiger partial charge < -0.3 is 9.47 Å². The van der Waals surface area contributed by atoms with E-state index in [1.165, 1.54) is 110 Å². The first-order valence-electron chi connectivity index (χ1n) is 26.2. The standard InChI is InChI=1S/C70H54N2/c1-3-12-48(13-4-1)52-30-35-59(36-31-52)71(68-21-11-18-63-62-17-8-10-20-67(62)72(69(63)68)58-14-5-2-6-15-58)60-37-32-53(33-38-60)51-24-22-49(23-25-51)50-26-28-54(29-27-50)55-34-39-66-64(45-55)61-16-7-9-19-65(61)70(66)56-41-46-40-47(43-56)44-57(70)42-46/h1-39,45-47,56-57H,40-44H2. The summed E-state index contributed by atoms with van der Waals surface area (Å²) < 4.78 is 2.43. The van der Waals surface area contributed by atoms with Gasteiger partial charge in [0.25, 0.3) is 0 Å². The van der Waals surface area contributed by atoms with Crippen LogP contribution in [0.15, 0.2) is 243 Å². The van der Waals surface area contributed by atoms with Crippen molar-refractivity contribution < 1.29 is 0 Å². The smallest absolute Gasteiger partial charge is 0.0782 e. The molecule has 1 spiro atoms. The number of nitrogens with zero attached hydrogens (tertiary/aromatic N) is 2. The highest BCUT2D eigenvalue weighted by Gasteiger charge is 2.61. The third-order valence-corrected chi connectivity index (χ3v) is 17.6. The Kier molecular flexibility index (Phi) is 9.49. The normalized spacial score (nSPS) is 20.3. The van der Waals surface area contributed by atoms with Gasteiger partial charge >= 0.3 is 0 Å². The van der Waals surface area contributed by atoms with Crippen molar-refractivity contribution in [2.45, 2.75) is 37.5 Å². The lowest BCUT2D eigenvalue weighted by Gasteiger charge is -2.61. The summed E-state index contributed by atoms with van der Waals surface area (Å²) >= 11 is 0. The van der Waals surface area contributed by atoms with Crippen LogP contribution in [0, 0.1) is 23.7 Å². The van der Waals surface area contributed by atoms with Crippen molar-refractivity contribution in [1.29, 1.82) is 0 Å². The topological polar surface area (TPSA) is 8.17 Å². The van der Waals surface area contributed by atoms with Crippen LogP contribution in [0.1, 0.15) is 43.2 Å². The maximum absolute atomic E-state index is 2.54. The van der Waals surface area contributed by atoms with E-state index in [1.807, 2.05) is 0 Å². The summed E-state index contributed by atoms with van der Waals surface area (Å²) in [5.41, 5.74) is 23.1. The van der Waals surface area contributed by atoms with Gasteiger partial charge in [-0.05, 0) is 177 Å². The number of hydrogen-bond donors (Lipinski definition) is 0. The van der Waals surface area contributed by atoms with E-state index in [-0.39, 0.29) is 5.41 Å². The van der Waals surface area contributed by atoms with Crippen LogP contribution in [0.2, 0.25) is 0 Å². The van der Waals surface area contributed by atoms with Crippen LogP contribution in [0.25, 0.3) is 83.1 Å². The number of hydrogen-bond acceptors (Lipinski definition) is 1. The molecule has 11 aromatic rings. The van der Waals surface area contributed by atoms with E-state index in [0.717, 1.165) is 46.4 Å². The van der Waals surface area contributed by atoms with Crippen LogP contribution < -0.4 is 4.90 Å². The number of aromatic nitrogens is 1. The third-order valence-electron chi connectivity index (χ3n) is 17.6. The van der Waals surface area contributed by atoms with E-state index in [4.69, 9.17) is 0 Å². The van der Waals surface area contributed by atoms with E-state index in [0.29, 0.717) is 0 Å². The van der Waals surface area contributed by atoms with E-state index in [9.17, 15) is 0 Å². The molecule has 4 saturated carbocycles. The Bertz CT molecular complexity index is 3800. The molecule has 5 aliphatic carbocycles. The van der Waals surface area contributed by atoms with E-state index in [2.05, 4.69) is 252 Å². The van der Waals surface area contributed by atoms with Gasteiger partial charge in [0.2, 0.25) is 0 Å². The molecule has 4 bridgehead atoms. The van der Waals surface area contributed by atoms with Crippen molar-refractivity contribution in [2.24, 2.45) is 23.7 Å². The molecule has 72 heavy (non-hydrogen) atoms. The molecule has 1 heterocycles. The average molecular weight is 923 g/mol. The zero-order valence-corrected chi connectivity index (χ0v) is 40.3. The Morgan fingerprint density at radius 2 is 0.806 bits per heavy atom. The SMILES string of the molecule is c1ccc(-c2ccc(N(c3ccc(-c4ccc(-c5ccc(-c6ccc7c(c6)-c6ccccc6C76C7CC8CC(C7)CC6C8)cc5)cc4)cc3)c3cccc4c5ccccc5n(-c5ccccc5)c34)cc2)cc1. The molecule has 1 aromatic heterocycles. The quantitative estimate of drug-likeness (QED) is 0.147. The molecule has 2 nitrogen and oxygen atoms in total. The molecular weight excluding hydrogens is 869 g/mol. The van der Waals surface area contributed by atoms with Crippen molar-refractivity contribution >= 4 is 38.9 Å². The highest BCUT2D eigenvalue weighted by molar-refractivity contribution is 6.14. The Morgan fingerprint density at radius 1 is 0.347 bits per heavy atom. The first-order valence-corrected chi connectivity index (χ1v) is 26.2. The fraction of sp³-hybridized carbons (Fsp3) is 0.143. The number of rotatable bonds is 8. The van der Waals surface area contributed by atoms with E-state index >= 15 is 0 Å². The summed E-state index contributed by atoms with van der Waals surface area (Å²) in [7, 11) is 0. The van der Waals surface area contributed by atoms with E-state index < -0.39 is 0 Å². The van der Waals surface area contributed by atoms with Gasteiger partial charge in [-0.1, -0.05) is 188 Å². The number of fused-ring (bicyclic) bond motifs is 6. The first-order chi connectivity index (χ1) is 35.7. The predicted octanol–water partition coefficient (Wildman–Crippen LogP) is 18.6. The van der Waals surface area contributed by atoms with Crippen molar-refractivity contribution in [1.82, 2.24) is 4.57 Å². The van der Waals surface area contributed by atoms with Gasteiger partial charge in [0, 0.05) is 33.2 Å². The maximum Gasteiger partial charge on any atom is 0.0782 e. The van der Waals surface area contributed by atoms with Crippen molar-refractivity contribution in [3.63, 3.8) is 0 Å². The molecule has 0 unspecified atom stereocenters. The van der Waals surface area contributed by atoms with Gasteiger partial charge in [-0.25, -0.2) is 0 Å². The lowest BCUT2D eigenvalue weighted by atomic mass is 9.43. The Morgan fingerprint density at radius 3 is 1.42 bits per heavy atom. The molecule has 10 aromatic carbocycles. The van der Waals surface area contributed by atoms with Crippen molar-refractivity contribution in [3.05, 3.63) is 254 Å². The van der Waals surface area contributed by atoms with Crippen LogP contribution in [0.3, 0.4) is 0 Å². The van der Waals surface area contributed by atoms with Gasteiger partial charge in [0.05, 0.1) is 16.7 Å². The Labute approximate surface area is 422 Å². The van der Waals surface area contributed by atoms with Crippen LogP contribution in [0.4, 0.5) is 17.1 Å². The summed E-state index contributed by atoms with van der Waals surface area (Å²) in [6.07, 6.45) is 7.16. The van der Waals surface area contributed by atoms with Gasteiger partial charge in [-0.3, -0.25) is 0 Å². The Balaban J connectivity index is 0.742. The fourth-order valence-electron chi connectivity index (χ4n) is 14.7. The second-order valence-corrected chi connectivity index (χ2v) is 21.3. The monoisotopic (exact) mass is 922 g/mol. The van der Waals surface area contributed by atoms with Crippen LogP contribution in [-0.4, -0.2) is 4.57 Å². The van der Waals surface area contributed by atoms with Gasteiger partial charge in [-0.2, -0.15) is 0 Å². The summed E-state index contributed by atoms with van der Waals surface area (Å²) in [6, 6.07) is 90.4. The second-order valence-electron chi connectivity index (χ2n) is 21.3. The molecule has 0 N–H and O–H groups in total. The van der Waals surface area contributed by atoms with Crippen LogP contribution in [0.5, 0.6) is 0 Å².